The third-order valence-electron chi connectivity index (χ3n) is 6.94. The predicted octanol–water partition coefficient (Wildman–Crippen LogP) is 4.12. The molecule has 11 heteroatoms. The Balaban J connectivity index is 1.42. The van der Waals surface area contributed by atoms with Crippen LogP contribution in [0.3, 0.4) is 0 Å². The van der Waals surface area contributed by atoms with Crippen molar-refractivity contribution < 1.29 is 28.7 Å². The van der Waals surface area contributed by atoms with Crippen LogP contribution in [0.5, 0.6) is 0 Å². The topological polar surface area (TPSA) is 141 Å². The van der Waals surface area contributed by atoms with E-state index >= 15 is 0 Å². The number of methoxy groups -OCH3 is 1. The lowest BCUT2D eigenvalue weighted by Gasteiger charge is -2.20. The van der Waals surface area contributed by atoms with Gasteiger partial charge in [-0.1, -0.05) is 42.5 Å². The van der Waals surface area contributed by atoms with Gasteiger partial charge in [-0.25, -0.2) is 4.79 Å². The number of alkyl carbamates (subject to hydrolysis) is 1. The Kier molecular flexibility index (Phi) is 10.8. The number of benzene rings is 2. The largest absolute Gasteiger partial charge is 0.469 e. The highest BCUT2D eigenvalue weighted by Gasteiger charge is 2.24. The van der Waals surface area contributed by atoms with Crippen molar-refractivity contribution >= 4 is 40.5 Å². The highest BCUT2D eigenvalue weighted by atomic mass is 16.5. The fraction of sp³-hybridized carbons (Fsp3) is 0.281. The van der Waals surface area contributed by atoms with Gasteiger partial charge in [0.2, 0.25) is 5.91 Å². The minimum atomic E-state index is -0.910. The number of nitrogens with zero attached hydrogens (tertiary/aromatic N) is 2. The zero-order valence-electron chi connectivity index (χ0n) is 24.2. The van der Waals surface area contributed by atoms with Gasteiger partial charge in [-0.3, -0.25) is 19.4 Å². The van der Waals surface area contributed by atoms with Crippen molar-refractivity contribution in [2.24, 2.45) is 7.05 Å². The van der Waals surface area contributed by atoms with Crippen LogP contribution in [0.1, 0.15) is 40.9 Å². The highest BCUT2D eigenvalue weighted by Crippen LogP contribution is 2.20. The third-order valence-corrected chi connectivity index (χ3v) is 6.94. The number of ether oxygens (including phenoxy) is 2. The maximum Gasteiger partial charge on any atom is 0.407 e. The number of hydrogen-bond donors (Lipinski definition) is 3. The molecular formula is C32H35N5O6. The molecule has 3 N–H and O–H groups in total. The second-order valence-corrected chi connectivity index (χ2v) is 9.90. The molecule has 2 aromatic heterocycles. The van der Waals surface area contributed by atoms with Crippen LogP contribution in [0.25, 0.3) is 10.9 Å². The van der Waals surface area contributed by atoms with Crippen LogP contribution in [0.4, 0.5) is 10.5 Å². The molecule has 0 saturated carbocycles. The fourth-order valence-corrected chi connectivity index (χ4v) is 4.61. The van der Waals surface area contributed by atoms with E-state index in [2.05, 4.69) is 20.9 Å². The second kappa shape index (κ2) is 15.2. The van der Waals surface area contributed by atoms with Crippen molar-refractivity contribution in [1.82, 2.24) is 20.2 Å². The molecule has 0 aliphatic rings. The van der Waals surface area contributed by atoms with Crippen molar-refractivity contribution in [2.45, 2.75) is 38.3 Å². The summed E-state index contributed by atoms with van der Waals surface area (Å²) in [5.74, 6) is -1.17. The van der Waals surface area contributed by atoms with Gasteiger partial charge in [-0.2, -0.15) is 0 Å². The van der Waals surface area contributed by atoms with Gasteiger partial charge in [0, 0.05) is 54.6 Å². The van der Waals surface area contributed by atoms with Gasteiger partial charge in [0.1, 0.15) is 18.3 Å². The molecule has 43 heavy (non-hydrogen) atoms. The Hall–Kier alpha value is -5.19. The zero-order chi connectivity index (χ0) is 30.6. The SMILES string of the molecule is COC(=O)CCc1ccccc1NC(=O)[C@H](CCCNC(=O)OCc1cccnc1)NC(=O)c1cc2ccccc2n1C. The molecule has 1 atom stereocenters. The number of carbonyl (C=O) groups excluding carboxylic acids is 4. The standard InChI is InChI=1S/C32H35N5O6/c1-37-27-14-6-4-11-24(27)19-28(37)31(40)36-26(13-8-18-34-32(41)43-21-22-9-7-17-33-20-22)30(39)35-25-12-5-3-10-23(25)15-16-29(38)42-2/h3-7,9-12,14,17,19-20,26H,8,13,15-16,18,21H2,1-2H3,(H,34,41)(H,35,39)(H,36,40)/t26-/m0/s1. The average molecular weight is 586 g/mol. The van der Waals surface area contributed by atoms with E-state index in [-0.39, 0.29) is 32.0 Å². The summed E-state index contributed by atoms with van der Waals surface area (Å²) in [6.45, 7) is 0.316. The maximum atomic E-state index is 13.5. The first-order valence-corrected chi connectivity index (χ1v) is 14.0. The van der Waals surface area contributed by atoms with E-state index in [0.29, 0.717) is 24.2 Å². The molecule has 4 aromatic rings. The van der Waals surface area contributed by atoms with Crippen molar-refractivity contribution in [3.8, 4) is 0 Å². The molecule has 11 nitrogen and oxygen atoms in total. The number of esters is 1. The minimum absolute atomic E-state index is 0.0845. The quantitative estimate of drug-likeness (QED) is 0.158. The monoisotopic (exact) mass is 585 g/mol. The van der Waals surface area contributed by atoms with Gasteiger partial charge in [0.15, 0.2) is 0 Å². The third kappa shape index (κ3) is 8.65. The molecule has 0 unspecified atom stereocenters. The van der Waals surface area contributed by atoms with E-state index in [1.165, 1.54) is 7.11 Å². The predicted molar refractivity (Wildman–Crippen MR) is 161 cm³/mol. The molecule has 0 saturated heterocycles. The van der Waals surface area contributed by atoms with Gasteiger partial charge in [-0.05, 0) is 49.1 Å². The highest BCUT2D eigenvalue weighted by molar-refractivity contribution is 6.03. The Morgan fingerprint density at radius 3 is 2.56 bits per heavy atom. The zero-order valence-corrected chi connectivity index (χ0v) is 24.2. The number of aromatic nitrogens is 2. The Morgan fingerprint density at radius 2 is 1.79 bits per heavy atom. The normalized spacial score (nSPS) is 11.4. The Labute approximate surface area is 249 Å². The first-order chi connectivity index (χ1) is 20.9. The van der Waals surface area contributed by atoms with E-state index in [1.807, 2.05) is 36.4 Å². The molecule has 4 rings (SSSR count). The molecule has 0 radical (unpaired) electrons. The summed E-state index contributed by atoms with van der Waals surface area (Å²) >= 11 is 0. The number of para-hydroxylation sites is 2. The number of rotatable bonds is 13. The molecule has 0 bridgehead atoms. The van der Waals surface area contributed by atoms with Gasteiger partial charge in [0.25, 0.3) is 5.91 Å². The summed E-state index contributed by atoms with van der Waals surface area (Å²) in [5, 5.41) is 9.36. The molecule has 2 aromatic carbocycles. The van der Waals surface area contributed by atoms with E-state index in [4.69, 9.17) is 9.47 Å². The number of fused-ring (bicyclic) bond motifs is 1. The summed E-state index contributed by atoms with van der Waals surface area (Å²) in [6, 6.07) is 19.2. The molecular weight excluding hydrogens is 550 g/mol. The maximum absolute atomic E-state index is 13.5. The van der Waals surface area contributed by atoms with Gasteiger partial charge in [-0.15, -0.1) is 0 Å². The van der Waals surface area contributed by atoms with Crippen molar-refractivity contribution in [1.29, 1.82) is 0 Å². The summed E-state index contributed by atoms with van der Waals surface area (Å²) in [5.41, 5.74) is 3.37. The van der Waals surface area contributed by atoms with Crippen molar-refractivity contribution in [2.75, 3.05) is 19.0 Å². The van der Waals surface area contributed by atoms with E-state index in [1.54, 1.807) is 54.3 Å². The molecule has 2 heterocycles. The molecule has 0 spiro atoms. The fourth-order valence-electron chi connectivity index (χ4n) is 4.61. The average Bonchev–Trinajstić information content (AvgIpc) is 3.37. The smallest absolute Gasteiger partial charge is 0.407 e. The van der Waals surface area contributed by atoms with Crippen molar-refractivity contribution in [3.63, 3.8) is 0 Å². The first kappa shape index (κ1) is 30.8. The number of hydrogen-bond acceptors (Lipinski definition) is 7. The first-order valence-electron chi connectivity index (χ1n) is 14.0. The number of carbonyl (C=O) groups is 4. The van der Waals surface area contributed by atoms with Crippen molar-refractivity contribution in [3.05, 3.63) is 95.9 Å². The van der Waals surface area contributed by atoms with E-state index in [0.717, 1.165) is 22.0 Å². The van der Waals surface area contributed by atoms with Gasteiger partial charge >= 0.3 is 12.1 Å². The van der Waals surface area contributed by atoms with Crippen LogP contribution in [0.2, 0.25) is 0 Å². The number of aryl methyl sites for hydroxylation is 2. The number of pyridine rings is 1. The molecule has 0 aliphatic carbocycles. The summed E-state index contributed by atoms with van der Waals surface area (Å²) < 4.78 is 11.7. The molecule has 224 valence electrons. The van der Waals surface area contributed by atoms with E-state index in [9.17, 15) is 19.2 Å². The van der Waals surface area contributed by atoms with Crippen LogP contribution in [0, 0.1) is 0 Å². The number of anilines is 1. The number of nitrogens with one attached hydrogen (secondary N) is 3. The Morgan fingerprint density at radius 1 is 1.00 bits per heavy atom. The van der Waals surface area contributed by atoms with Crippen LogP contribution in [-0.2, 0) is 39.1 Å². The lowest BCUT2D eigenvalue weighted by molar-refractivity contribution is -0.140. The molecule has 3 amide bonds. The Bertz CT molecular complexity index is 1570. The van der Waals surface area contributed by atoms with Gasteiger partial charge < -0.3 is 30.0 Å². The minimum Gasteiger partial charge on any atom is -0.469 e. The van der Waals surface area contributed by atoms with Crippen LogP contribution in [-0.4, -0.2) is 53.1 Å². The molecule has 0 fully saturated rings. The van der Waals surface area contributed by atoms with Gasteiger partial charge in [0.05, 0.1) is 7.11 Å². The number of amides is 3. The summed E-state index contributed by atoms with van der Waals surface area (Å²) in [4.78, 5) is 54.7. The van der Waals surface area contributed by atoms with E-state index < -0.39 is 23.9 Å². The summed E-state index contributed by atoms with van der Waals surface area (Å²) in [6.07, 6.45) is 3.82. The molecule has 0 aliphatic heterocycles. The second-order valence-electron chi connectivity index (χ2n) is 9.90. The lowest BCUT2D eigenvalue weighted by Crippen LogP contribution is -2.44. The summed E-state index contributed by atoms with van der Waals surface area (Å²) in [7, 11) is 3.12. The van der Waals surface area contributed by atoms with Crippen LogP contribution >= 0.6 is 0 Å². The van der Waals surface area contributed by atoms with Crippen LogP contribution in [0.15, 0.2) is 79.1 Å². The lowest BCUT2D eigenvalue weighted by atomic mass is 10.1. The van der Waals surface area contributed by atoms with Crippen LogP contribution < -0.4 is 16.0 Å².